The number of methoxy groups -OCH3 is 1. The van der Waals surface area contributed by atoms with Crippen molar-refractivity contribution in [3.05, 3.63) is 77.0 Å². The minimum absolute atomic E-state index is 0.157. The summed E-state index contributed by atoms with van der Waals surface area (Å²) in [6, 6.07) is 19.5. The lowest BCUT2D eigenvalue weighted by molar-refractivity contribution is -0.117. The number of piperidine rings is 1. The predicted molar refractivity (Wildman–Crippen MR) is 136 cm³/mol. The smallest absolute Gasteiger partial charge is 0.239 e. The van der Waals surface area contributed by atoms with E-state index in [-0.39, 0.29) is 18.4 Å². The van der Waals surface area contributed by atoms with Gasteiger partial charge in [-0.25, -0.2) is 0 Å². The molecular formula is C28H32N4O3. The van der Waals surface area contributed by atoms with Gasteiger partial charge in [0, 0.05) is 11.4 Å². The number of anilines is 1. The SMILES string of the molecule is COc1ccc(-n2c(C)c(C)c(C#N)c2NC(=O)CN2CCC(C(O)c3ccccc3)CC2)cc1. The number of amides is 1. The standard InChI is InChI=1S/C28H32N4O3/c1-19-20(2)32(23-9-11-24(35-3)12-10-23)28(25(19)17-29)30-26(33)18-31-15-13-22(14-16-31)27(34)21-7-5-4-6-8-21/h4-12,22,27,34H,13-16,18H2,1-3H3,(H,30,33). The van der Waals surface area contributed by atoms with Crippen LogP contribution in [0.1, 0.15) is 41.3 Å². The summed E-state index contributed by atoms with van der Waals surface area (Å²) in [4.78, 5) is 15.2. The van der Waals surface area contributed by atoms with Crippen LogP contribution in [0.25, 0.3) is 5.69 Å². The molecule has 1 aromatic heterocycles. The molecule has 1 saturated heterocycles. The van der Waals surface area contributed by atoms with E-state index < -0.39 is 6.10 Å². The number of nitrogens with zero attached hydrogens (tertiary/aromatic N) is 3. The number of rotatable bonds is 7. The Hall–Kier alpha value is -3.60. The molecule has 7 nitrogen and oxygen atoms in total. The molecule has 2 heterocycles. The number of nitrogens with one attached hydrogen (secondary N) is 1. The van der Waals surface area contributed by atoms with Crippen LogP contribution in [0.2, 0.25) is 0 Å². The van der Waals surface area contributed by atoms with E-state index >= 15 is 0 Å². The summed E-state index contributed by atoms with van der Waals surface area (Å²) < 4.78 is 7.17. The van der Waals surface area contributed by atoms with E-state index in [1.807, 2.05) is 73.0 Å². The molecule has 1 amide bonds. The Balaban J connectivity index is 1.44. The van der Waals surface area contributed by atoms with Crippen LogP contribution in [-0.4, -0.2) is 47.2 Å². The molecule has 0 saturated carbocycles. The maximum atomic E-state index is 13.0. The van der Waals surface area contributed by atoms with E-state index in [9.17, 15) is 15.2 Å². The Morgan fingerprint density at radius 3 is 2.40 bits per heavy atom. The predicted octanol–water partition coefficient (Wildman–Crippen LogP) is 4.36. The molecule has 0 radical (unpaired) electrons. The van der Waals surface area contributed by atoms with E-state index in [2.05, 4.69) is 16.3 Å². The van der Waals surface area contributed by atoms with E-state index in [1.54, 1.807) is 7.11 Å². The third-order valence-electron chi connectivity index (χ3n) is 7.00. The number of likely N-dealkylation sites (tertiary alicyclic amines) is 1. The van der Waals surface area contributed by atoms with E-state index in [0.29, 0.717) is 11.4 Å². The Labute approximate surface area is 206 Å². The average molecular weight is 473 g/mol. The maximum Gasteiger partial charge on any atom is 0.239 e. The van der Waals surface area contributed by atoms with Gasteiger partial charge in [0.05, 0.1) is 25.3 Å². The summed E-state index contributed by atoms with van der Waals surface area (Å²) in [5.74, 6) is 1.25. The van der Waals surface area contributed by atoms with Gasteiger partial charge >= 0.3 is 0 Å². The third-order valence-corrected chi connectivity index (χ3v) is 7.00. The highest BCUT2D eigenvalue weighted by Gasteiger charge is 2.28. The van der Waals surface area contributed by atoms with Crippen molar-refractivity contribution >= 4 is 11.7 Å². The second-order valence-corrected chi connectivity index (χ2v) is 9.10. The quantitative estimate of drug-likeness (QED) is 0.533. The lowest BCUT2D eigenvalue weighted by atomic mass is 9.87. The molecule has 1 unspecified atom stereocenters. The lowest BCUT2D eigenvalue weighted by Gasteiger charge is -2.34. The minimum atomic E-state index is -0.482. The van der Waals surface area contributed by atoms with Gasteiger partial charge in [-0.1, -0.05) is 30.3 Å². The zero-order valence-corrected chi connectivity index (χ0v) is 20.5. The molecule has 1 aliphatic rings. The molecule has 2 aromatic carbocycles. The van der Waals surface area contributed by atoms with Crippen LogP contribution in [-0.2, 0) is 4.79 Å². The van der Waals surface area contributed by atoms with Gasteiger partial charge in [0.15, 0.2) is 0 Å². The number of aliphatic hydroxyl groups excluding tert-OH is 1. The van der Waals surface area contributed by atoms with E-state index in [4.69, 9.17) is 4.74 Å². The van der Waals surface area contributed by atoms with Crippen molar-refractivity contribution in [2.75, 3.05) is 32.1 Å². The summed E-state index contributed by atoms with van der Waals surface area (Å²) in [5, 5.41) is 23.5. The van der Waals surface area contributed by atoms with Crippen molar-refractivity contribution in [3.8, 4) is 17.5 Å². The number of carbonyl (C=O) groups is 1. The normalized spacial score (nSPS) is 15.4. The number of nitriles is 1. The van der Waals surface area contributed by atoms with Gasteiger partial charge in [0.25, 0.3) is 0 Å². The fraction of sp³-hybridized carbons (Fsp3) is 0.357. The zero-order chi connectivity index (χ0) is 24.9. The number of aliphatic hydroxyl groups is 1. The van der Waals surface area contributed by atoms with Gasteiger partial charge in [0.1, 0.15) is 17.6 Å². The van der Waals surface area contributed by atoms with Crippen LogP contribution in [0.5, 0.6) is 5.75 Å². The number of carbonyl (C=O) groups excluding carboxylic acids is 1. The van der Waals surface area contributed by atoms with Crippen LogP contribution in [0.3, 0.4) is 0 Å². The van der Waals surface area contributed by atoms with Crippen molar-refractivity contribution in [2.24, 2.45) is 5.92 Å². The van der Waals surface area contributed by atoms with Gasteiger partial charge in [-0.2, -0.15) is 5.26 Å². The second kappa shape index (κ2) is 10.8. The van der Waals surface area contributed by atoms with Crippen molar-refractivity contribution in [2.45, 2.75) is 32.8 Å². The van der Waals surface area contributed by atoms with Crippen LogP contribution < -0.4 is 10.1 Å². The monoisotopic (exact) mass is 472 g/mol. The Kier molecular flexibility index (Phi) is 7.54. The highest BCUT2D eigenvalue weighted by Crippen LogP contribution is 2.32. The summed E-state index contributed by atoms with van der Waals surface area (Å²) in [5.41, 5.74) is 4.00. The highest BCUT2D eigenvalue weighted by molar-refractivity contribution is 5.93. The first-order valence-corrected chi connectivity index (χ1v) is 11.9. The molecule has 3 aromatic rings. The Morgan fingerprint density at radius 1 is 1.14 bits per heavy atom. The van der Waals surface area contributed by atoms with E-state index in [0.717, 1.165) is 54.2 Å². The number of aromatic nitrogens is 1. The van der Waals surface area contributed by atoms with Gasteiger partial charge < -0.3 is 15.2 Å². The molecule has 0 bridgehead atoms. The zero-order valence-electron chi connectivity index (χ0n) is 20.5. The summed E-state index contributed by atoms with van der Waals surface area (Å²) in [7, 11) is 1.62. The van der Waals surface area contributed by atoms with Crippen molar-refractivity contribution in [1.29, 1.82) is 5.26 Å². The molecule has 1 aliphatic heterocycles. The van der Waals surface area contributed by atoms with Gasteiger partial charge in [-0.3, -0.25) is 14.3 Å². The second-order valence-electron chi connectivity index (χ2n) is 9.10. The van der Waals surface area contributed by atoms with Crippen LogP contribution in [0.15, 0.2) is 54.6 Å². The Bertz CT molecular complexity index is 1200. The molecule has 182 valence electrons. The summed E-state index contributed by atoms with van der Waals surface area (Å²) in [6.07, 6.45) is 1.17. The molecule has 7 heteroatoms. The molecular weight excluding hydrogens is 440 g/mol. The largest absolute Gasteiger partial charge is 0.497 e. The molecule has 2 N–H and O–H groups in total. The van der Waals surface area contributed by atoms with Gasteiger partial charge in [-0.15, -0.1) is 0 Å². The minimum Gasteiger partial charge on any atom is -0.497 e. The van der Waals surface area contributed by atoms with Crippen molar-refractivity contribution in [1.82, 2.24) is 9.47 Å². The average Bonchev–Trinajstić information content (AvgIpc) is 3.12. The number of hydrogen-bond donors (Lipinski definition) is 2. The van der Waals surface area contributed by atoms with Crippen molar-refractivity contribution < 1.29 is 14.6 Å². The fourth-order valence-electron chi connectivity index (χ4n) is 4.84. The van der Waals surface area contributed by atoms with Crippen LogP contribution >= 0.6 is 0 Å². The molecule has 1 fully saturated rings. The number of benzene rings is 2. The molecule has 0 spiro atoms. The summed E-state index contributed by atoms with van der Waals surface area (Å²) >= 11 is 0. The van der Waals surface area contributed by atoms with E-state index in [1.165, 1.54) is 0 Å². The van der Waals surface area contributed by atoms with Crippen LogP contribution in [0, 0.1) is 31.1 Å². The maximum absolute atomic E-state index is 13.0. The number of hydrogen-bond acceptors (Lipinski definition) is 5. The molecule has 1 atom stereocenters. The fourth-order valence-corrected chi connectivity index (χ4v) is 4.84. The topological polar surface area (TPSA) is 90.5 Å². The first-order chi connectivity index (χ1) is 16.9. The Morgan fingerprint density at radius 2 is 1.80 bits per heavy atom. The first kappa shape index (κ1) is 24.5. The van der Waals surface area contributed by atoms with Crippen molar-refractivity contribution in [3.63, 3.8) is 0 Å². The van der Waals surface area contributed by atoms with Gasteiger partial charge in [0.2, 0.25) is 5.91 Å². The molecule has 0 aliphatic carbocycles. The van der Waals surface area contributed by atoms with Crippen LogP contribution in [0.4, 0.5) is 5.82 Å². The first-order valence-electron chi connectivity index (χ1n) is 11.9. The molecule has 35 heavy (non-hydrogen) atoms. The molecule has 4 rings (SSSR count). The van der Waals surface area contributed by atoms with Gasteiger partial charge in [-0.05, 0) is 81.1 Å². The number of ether oxygens (including phenoxy) is 1. The third kappa shape index (κ3) is 5.24. The summed E-state index contributed by atoms with van der Waals surface area (Å²) in [6.45, 7) is 5.56. The lowest BCUT2D eigenvalue weighted by Crippen LogP contribution is -2.40. The highest BCUT2D eigenvalue weighted by atomic mass is 16.5.